The summed E-state index contributed by atoms with van der Waals surface area (Å²) in [5, 5.41) is 12.8. The number of aromatic carboxylic acids is 1. The van der Waals surface area contributed by atoms with Gasteiger partial charge in [0.15, 0.2) is 11.5 Å². The van der Waals surface area contributed by atoms with E-state index in [2.05, 4.69) is 5.32 Å². The van der Waals surface area contributed by atoms with Gasteiger partial charge in [-0.15, -0.1) is 0 Å². The third-order valence-corrected chi connectivity index (χ3v) is 3.69. The van der Waals surface area contributed by atoms with Crippen LogP contribution in [0.25, 0.3) is 0 Å². The zero-order valence-electron chi connectivity index (χ0n) is 13.1. The van der Waals surface area contributed by atoms with Crippen molar-refractivity contribution in [2.75, 3.05) is 19.5 Å². The van der Waals surface area contributed by atoms with E-state index in [4.69, 9.17) is 26.2 Å². The van der Waals surface area contributed by atoms with Crippen molar-refractivity contribution in [3.63, 3.8) is 0 Å². The zero-order chi connectivity index (χ0) is 17.0. The van der Waals surface area contributed by atoms with Crippen LogP contribution in [0.1, 0.15) is 21.5 Å². The first kappa shape index (κ1) is 17.0. The SMILES string of the molecule is COc1cc(Cl)cc(CNc2cc(C(=O)O)ccc2C)c1OC. The van der Waals surface area contributed by atoms with Gasteiger partial charge in [0, 0.05) is 28.9 Å². The second-order valence-electron chi connectivity index (χ2n) is 4.99. The van der Waals surface area contributed by atoms with Crippen molar-refractivity contribution >= 4 is 23.3 Å². The van der Waals surface area contributed by atoms with Gasteiger partial charge < -0.3 is 19.9 Å². The summed E-state index contributed by atoms with van der Waals surface area (Å²) < 4.78 is 10.7. The predicted octanol–water partition coefficient (Wildman–Crippen LogP) is 3.98. The lowest BCUT2D eigenvalue weighted by atomic mass is 10.1. The van der Waals surface area contributed by atoms with Gasteiger partial charge in [0.2, 0.25) is 0 Å². The van der Waals surface area contributed by atoms with Crippen molar-refractivity contribution in [3.8, 4) is 11.5 Å². The molecule has 0 aromatic heterocycles. The molecule has 0 radical (unpaired) electrons. The molecule has 0 aliphatic rings. The molecule has 0 saturated carbocycles. The number of rotatable bonds is 6. The largest absolute Gasteiger partial charge is 0.493 e. The summed E-state index contributed by atoms with van der Waals surface area (Å²) in [7, 11) is 3.11. The molecule has 6 heteroatoms. The number of carboxylic acid groups (broad SMARTS) is 1. The fraction of sp³-hybridized carbons (Fsp3) is 0.235. The molecule has 0 aliphatic heterocycles. The van der Waals surface area contributed by atoms with Gasteiger partial charge in [0.25, 0.3) is 0 Å². The van der Waals surface area contributed by atoms with Crippen molar-refractivity contribution in [1.82, 2.24) is 0 Å². The summed E-state index contributed by atoms with van der Waals surface area (Å²) in [5.74, 6) is 0.180. The number of hydrogen-bond donors (Lipinski definition) is 2. The Kier molecular flexibility index (Phi) is 5.34. The molecule has 2 N–H and O–H groups in total. The molecule has 0 spiro atoms. The maximum Gasteiger partial charge on any atom is 0.335 e. The number of methoxy groups -OCH3 is 2. The molecule has 0 fully saturated rings. The van der Waals surface area contributed by atoms with Crippen molar-refractivity contribution in [1.29, 1.82) is 0 Å². The molecular formula is C17H18ClNO4. The van der Waals surface area contributed by atoms with Crippen molar-refractivity contribution < 1.29 is 19.4 Å². The molecule has 0 bridgehead atoms. The van der Waals surface area contributed by atoms with Gasteiger partial charge in [-0.2, -0.15) is 0 Å². The van der Waals surface area contributed by atoms with Crippen LogP contribution in [0.3, 0.4) is 0 Å². The lowest BCUT2D eigenvalue weighted by Gasteiger charge is -2.15. The molecule has 0 atom stereocenters. The van der Waals surface area contributed by atoms with Gasteiger partial charge in [-0.3, -0.25) is 0 Å². The third-order valence-electron chi connectivity index (χ3n) is 3.47. The number of carboxylic acids is 1. The average molecular weight is 336 g/mol. The first-order valence-electron chi connectivity index (χ1n) is 6.94. The van der Waals surface area contributed by atoms with E-state index >= 15 is 0 Å². The molecule has 122 valence electrons. The summed E-state index contributed by atoms with van der Waals surface area (Å²) in [5.41, 5.74) is 2.74. The summed E-state index contributed by atoms with van der Waals surface area (Å²) in [6.07, 6.45) is 0. The fourth-order valence-corrected chi connectivity index (χ4v) is 2.50. The molecule has 2 rings (SSSR count). The van der Waals surface area contributed by atoms with Crippen LogP contribution in [0.5, 0.6) is 11.5 Å². The number of ether oxygens (including phenoxy) is 2. The number of hydrogen-bond acceptors (Lipinski definition) is 4. The maximum absolute atomic E-state index is 11.1. The summed E-state index contributed by atoms with van der Waals surface area (Å²) >= 11 is 6.10. The minimum Gasteiger partial charge on any atom is -0.493 e. The number of halogens is 1. The Morgan fingerprint density at radius 3 is 2.57 bits per heavy atom. The normalized spacial score (nSPS) is 10.3. The van der Waals surface area contributed by atoms with Crippen LogP contribution in [-0.2, 0) is 6.54 Å². The lowest BCUT2D eigenvalue weighted by molar-refractivity contribution is 0.0697. The number of aryl methyl sites for hydroxylation is 1. The average Bonchev–Trinajstić information content (AvgIpc) is 2.53. The molecule has 0 saturated heterocycles. The predicted molar refractivity (Wildman–Crippen MR) is 90.0 cm³/mol. The Balaban J connectivity index is 2.29. The monoisotopic (exact) mass is 335 g/mol. The Bertz CT molecular complexity index is 731. The van der Waals surface area contributed by atoms with E-state index in [1.54, 1.807) is 44.6 Å². The van der Waals surface area contributed by atoms with Crippen LogP contribution in [0, 0.1) is 6.92 Å². The highest BCUT2D eigenvalue weighted by molar-refractivity contribution is 6.30. The number of carbonyl (C=O) groups is 1. The quantitative estimate of drug-likeness (QED) is 0.835. The van der Waals surface area contributed by atoms with E-state index in [9.17, 15) is 4.79 Å². The Hall–Kier alpha value is -2.40. The zero-order valence-corrected chi connectivity index (χ0v) is 13.9. The van der Waals surface area contributed by atoms with Crippen LogP contribution in [0.4, 0.5) is 5.69 Å². The summed E-state index contributed by atoms with van der Waals surface area (Å²) in [4.78, 5) is 11.1. The van der Waals surface area contributed by atoms with Gasteiger partial charge in [-0.25, -0.2) is 4.79 Å². The van der Waals surface area contributed by atoms with Gasteiger partial charge in [0.1, 0.15) is 0 Å². The van der Waals surface area contributed by atoms with Gasteiger partial charge in [-0.05, 0) is 30.7 Å². The van der Waals surface area contributed by atoms with Crippen LogP contribution < -0.4 is 14.8 Å². The van der Waals surface area contributed by atoms with E-state index < -0.39 is 5.97 Å². The standard InChI is InChI=1S/C17H18ClNO4/c1-10-4-5-11(17(20)21)7-14(10)19-9-12-6-13(18)8-15(22-2)16(12)23-3/h4-8,19H,9H2,1-3H3,(H,20,21). The third kappa shape index (κ3) is 3.87. The number of anilines is 1. The second-order valence-corrected chi connectivity index (χ2v) is 5.43. The molecule has 0 aliphatic carbocycles. The van der Waals surface area contributed by atoms with E-state index in [1.807, 2.05) is 6.92 Å². The smallest absolute Gasteiger partial charge is 0.335 e. The number of nitrogens with one attached hydrogen (secondary N) is 1. The van der Waals surface area contributed by atoms with Crippen molar-refractivity contribution in [2.24, 2.45) is 0 Å². The Morgan fingerprint density at radius 2 is 1.96 bits per heavy atom. The lowest BCUT2D eigenvalue weighted by Crippen LogP contribution is -2.06. The van der Waals surface area contributed by atoms with Crippen LogP contribution >= 0.6 is 11.6 Å². The molecule has 23 heavy (non-hydrogen) atoms. The Labute approximate surface area is 139 Å². The van der Waals surface area contributed by atoms with Crippen LogP contribution in [0.2, 0.25) is 5.02 Å². The van der Waals surface area contributed by atoms with E-state index in [0.717, 1.165) is 16.8 Å². The molecule has 2 aromatic rings. The van der Waals surface area contributed by atoms with Gasteiger partial charge >= 0.3 is 5.97 Å². The van der Waals surface area contributed by atoms with Crippen LogP contribution in [-0.4, -0.2) is 25.3 Å². The molecule has 0 unspecified atom stereocenters. The van der Waals surface area contributed by atoms with E-state index in [0.29, 0.717) is 23.1 Å². The van der Waals surface area contributed by atoms with E-state index in [-0.39, 0.29) is 5.56 Å². The summed E-state index contributed by atoms with van der Waals surface area (Å²) in [6, 6.07) is 8.41. The molecular weight excluding hydrogens is 318 g/mol. The minimum absolute atomic E-state index is 0.230. The first-order valence-corrected chi connectivity index (χ1v) is 7.32. The van der Waals surface area contributed by atoms with E-state index in [1.165, 1.54) is 0 Å². The highest BCUT2D eigenvalue weighted by Gasteiger charge is 2.13. The highest BCUT2D eigenvalue weighted by atomic mass is 35.5. The molecule has 2 aromatic carbocycles. The number of benzene rings is 2. The second kappa shape index (κ2) is 7.24. The topological polar surface area (TPSA) is 67.8 Å². The first-order chi connectivity index (χ1) is 11.0. The van der Waals surface area contributed by atoms with Gasteiger partial charge in [0.05, 0.1) is 19.8 Å². The van der Waals surface area contributed by atoms with Gasteiger partial charge in [-0.1, -0.05) is 17.7 Å². The minimum atomic E-state index is -0.963. The maximum atomic E-state index is 11.1. The van der Waals surface area contributed by atoms with Crippen molar-refractivity contribution in [3.05, 3.63) is 52.0 Å². The molecule has 0 amide bonds. The highest BCUT2D eigenvalue weighted by Crippen LogP contribution is 2.35. The Morgan fingerprint density at radius 1 is 1.22 bits per heavy atom. The molecule has 5 nitrogen and oxygen atoms in total. The fourth-order valence-electron chi connectivity index (χ4n) is 2.27. The summed E-state index contributed by atoms with van der Waals surface area (Å²) in [6.45, 7) is 2.33. The molecule has 0 heterocycles. The van der Waals surface area contributed by atoms with Crippen LogP contribution in [0.15, 0.2) is 30.3 Å². The van der Waals surface area contributed by atoms with Crippen molar-refractivity contribution in [2.45, 2.75) is 13.5 Å².